The summed E-state index contributed by atoms with van der Waals surface area (Å²) in [5.41, 5.74) is 0. The van der Waals surface area contributed by atoms with Gasteiger partial charge in [-0.05, 0) is 57.2 Å². The van der Waals surface area contributed by atoms with E-state index in [9.17, 15) is 16.8 Å². The number of morpholine rings is 1. The van der Waals surface area contributed by atoms with E-state index >= 15 is 0 Å². The van der Waals surface area contributed by atoms with E-state index < -0.39 is 19.7 Å². The molecule has 0 aromatic heterocycles. The molecular formula is C24H34N2O5S2. The van der Waals surface area contributed by atoms with Crippen molar-refractivity contribution in [1.82, 2.24) is 9.80 Å². The van der Waals surface area contributed by atoms with Crippen LogP contribution in [0.25, 0.3) is 0 Å². The van der Waals surface area contributed by atoms with Crippen molar-refractivity contribution >= 4 is 19.7 Å². The lowest BCUT2D eigenvalue weighted by Gasteiger charge is -2.34. The molecule has 0 amide bonds. The zero-order valence-corrected chi connectivity index (χ0v) is 20.8. The summed E-state index contributed by atoms with van der Waals surface area (Å²) in [5.74, 6) is 0.114. The van der Waals surface area contributed by atoms with E-state index in [2.05, 4.69) is 16.8 Å². The molecule has 1 unspecified atom stereocenters. The van der Waals surface area contributed by atoms with E-state index in [1.807, 2.05) is 0 Å². The van der Waals surface area contributed by atoms with Gasteiger partial charge in [0.25, 0.3) is 0 Å². The molecule has 2 aromatic carbocycles. The Morgan fingerprint density at radius 3 is 1.79 bits per heavy atom. The Hall–Kier alpha value is -1.78. The average molecular weight is 495 g/mol. The van der Waals surface area contributed by atoms with Crippen LogP contribution in [0.2, 0.25) is 0 Å². The molecule has 3 rings (SSSR count). The fourth-order valence-electron chi connectivity index (χ4n) is 4.01. The molecule has 1 atom stereocenters. The van der Waals surface area contributed by atoms with Gasteiger partial charge in [-0.25, -0.2) is 16.8 Å². The van der Waals surface area contributed by atoms with Crippen molar-refractivity contribution in [2.75, 3.05) is 57.9 Å². The van der Waals surface area contributed by atoms with Crippen molar-refractivity contribution in [2.24, 2.45) is 0 Å². The van der Waals surface area contributed by atoms with Gasteiger partial charge in [0.2, 0.25) is 0 Å². The van der Waals surface area contributed by atoms with Gasteiger partial charge in [0.1, 0.15) is 0 Å². The van der Waals surface area contributed by atoms with Crippen LogP contribution >= 0.6 is 0 Å². The Morgan fingerprint density at radius 2 is 1.33 bits per heavy atom. The van der Waals surface area contributed by atoms with Crippen LogP contribution in [0.5, 0.6) is 0 Å². The second kappa shape index (κ2) is 12.1. The molecule has 0 radical (unpaired) electrons. The van der Waals surface area contributed by atoms with E-state index in [1.165, 1.54) is 0 Å². The minimum Gasteiger partial charge on any atom is -0.374 e. The predicted molar refractivity (Wildman–Crippen MR) is 130 cm³/mol. The fraction of sp³-hybridized carbons (Fsp3) is 0.500. The maximum atomic E-state index is 12.6. The van der Waals surface area contributed by atoms with Crippen LogP contribution < -0.4 is 0 Å². The molecule has 0 saturated carbocycles. The Morgan fingerprint density at radius 1 is 0.848 bits per heavy atom. The van der Waals surface area contributed by atoms with Crippen LogP contribution in [0.4, 0.5) is 0 Å². The molecule has 1 aliphatic rings. The molecule has 0 bridgehead atoms. The highest BCUT2D eigenvalue weighted by Crippen LogP contribution is 2.14. The number of sulfone groups is 2. The number of likely N-dealkylation sites (N-methyl/N-ethyl adjacent to an activating group) is 1. The van der Waals surface area contributed by atoms with Crippen molar-refractivity contribution in [2.45, 2.75) is 28.7 Å². The van der Waals surface area contributed by atoms with E-state index in [-0.39, 0.29) is 17.6 Å². The van der Waals surface area contributed by atoms with Gasteiger partial charge < -0.3 is 14.5 Å². The zero-order valence-electron chi connectivity index (χ0n) is 19.2. The average Bonchev–Trinajstić information content (AvgIpc) is 2.80. The second-order valence-corrected chi connectivity index (χ2v) is 12.7. The van der Waals surface area contributed by atoms with Gasteiger partial charge in [-0.2, -0.15) is 0 Å². The molecule has 1 heterocycles. The summed E-state index contributed by atoms with van der Waals surface area (Å²) >= 11 is 0. The molecular weight excluding hydrogens is 460 g/mol. The van der Waals surface area contributed by atoms with Crippen LogP contribution in [0, 0.1) is 0 Å². The number of hydrogen-bond donors (Lipinski definition) is 0. The Bertz CT molecular complexity index is 985. The van der Waals surface area contributed by atoms with Crippen LogP contribution in [0.1, 0.15) is 12.8 Å². The molecule has 0 N–H and O–H groups in total. The van der Waals surface area contributed by atoms with Crippen molar-refractivity contribution in [3.63, 3.8) is 0 Å². The molecule has 1 aliphatic heterocycles. The first kappa shape index (κ1) is 25.8. The van der Waals surface area contributed by atoms with Gasteiger partial charge in [-0.1, -0.05) is 36.4 Å². The quantitative estimate of drug-likeness (QED) is 0.448. The number of benzene rings is 2. The van der Waals surface area contributed by atoms with Gasteiger partial charge in [-0.3, -0.25) is 0 Å². The van der Waals surface area contributed by atoms with Crippen molar-refractivity contribution in [3.8, 4) is 0 Å². The lowest BCUT2D eigenvalue weighted by atomic mass is 10.2. The number of ether oxygens (including phenoxy) is 1. The molecule has 9 heteroatoms. The molecule has 1 saturated heterocycles. The van der Waals surface area contributed by atoms with Gasteiger partial charge >= 0.3 is 0 Å². The minimum atomic E-state index is -3.34. The highest BCUT2D eigenvalue weighted by atomic mass is 32.2. The number of hydrogen-bond acceptors (Lipinski definition) is 7. The lowest BCUT2D eigenvalue weighted by molar-refractivity contribution is -0.0355. The first-order valence-corrected chi connectivity index (χ1v) is 14.6. The Balaban J connectivity index is 1.57. The summed E-state index contributed by atoms with van der Waals surface area (Å²) in [6, 6.07) is 17.0. The SMILES string of the molecule is CN1CCOC(CN(CCCS(=O)(=O)c2ccccc2)CCCS(=O)(=O)c2ccccc2)C1. The summed E-state index contributed by atoms with van der Waals surface area (Å²) in [6.07, 6.45) is 0.983. The largest absolute Gasteiger partial charge is 0.374 e. The summed E-state index contributed by atoms with van der Waals surface area (Å²) in [5, 5.41) is 0. The highest BCUT2D eigenvalue weighted by molar-refractivity contribution is 7.91. The minimum absolute atomic E-state index is 0.0280. The fourth-order valence-corrected chi connectivity index (χ4v) is 6.64. The normalized spacial score (nSPS) is 17.9. The van der Waals surface area contributed by atoms with Crippen LogP contribution in [-0.4, -0.2) is 90.6 Å². The van der Waals surface area contributed by atoms with Crippen molar-refractivity contribution in [1.29, 1.82) is 0 Å². The zero-order chi connectivity index (χ0) is 23.7. The second-order valence-electron chi connectivity index (χ2n) is 8.53. The van der Waals surface area contributed by atoms with Crippen molar-refractivity contribution < 1.29 is 21.6 Å². The van der Waals surface area contributed by atoms with Gasteiger partial charge in [0, 0.05) is 19.6 Å². The topological polar surface area (TPSA) is 84.0 Å². The van der Waals surface area contributed by atoms with E-state index in [1.54, 1.807) is 60.7 Å². The Labute approximate surface area is 198 Å². The highest BCUT2D eigenvalue weighted by Gasteiger charge is 2.22. The van der Waals surface area contributed by atoms with E-state index in [0.29, 0.717) is 48.9 Å². The van der Waals surface area contributed by atoms with Gasteiger partial charge in [0.05, 0.1) is 34.0 Å². The third-order valence-corrected chi connectivity index (χ3v) is 9.42. The molecule has 0 aliphatic carbocycles. The van der Waals surface area contributed by atoms with E-state index in [0.717, 1.165) is 13.1 Å². The third-order valence-electron chi connectivity index (χ3n) is 5.78. The summed E-state index contributed by atoms with van der Waals surface area (Å²) in [7, 11) is -4.62. The molecule has 2 aromatic rings. The first-order valence-electron chi connectivity index (χ1n) is 11.3. The smallest absolute Gasteiger partial charge is 0.178 e. The van der Waals surface area contributed by atoms with Gasteiger partial charge in [0.15, 0.2) is 19.7 Å². The third kappa shape index (κ3) is 8.19. The predicted octanol–water partition coefficient (Wildman–Crippen LogP) is 2.35. The molecule has 0 spiro atoms. The van der Waals surface area contributed by atoms with E-state index in [4.69, 9.17) is 4.74 Å². The maximum absolute atomic E-state index is 12.6. The van der Waals surface area contributed by atoms with Gasteiger partial charge in [-0.15, -0.1) is 0 Å². The monoisotopic (exact) mass is 494 g/mol. The molecule has 182 valence electrons. The van der Waals surface area contributed by atoms with Crippen LogP contribution in [0.15, 0.2) is 70.5 Å². The summed E-state index contributed by atoms with van der Waals surface area (Å²) in [6.45, 7) is 4.16. The van der Waals surface area contributed by atoms with Crippen molar-refractivity contribution in [3.05, 3.63) is 60.7 Å². The summed E-state index contributed by atoms with van der Waals surface area (Å²) < 4.78 is 56.4. The Kier molecular flexibility index (Phi) is 9.46. The first-order chi connectivity index (χ1) is 15.8. The lowest BCUT2D eigenvalue weighted by Crippen LogP contribution is -2.46. The number of nitrogens with zero attached hydrogens (tertiary/aromatic N) is 2. The summed E-state index contributed by atoms with van der Waals surface area (Å²) in [4.78, 5) is 5.03. The molecule has 33 heavy (non-hydrogen) atoms. The maximum Gasteiger partial charge on any atom is 0.178 e. The van der Waals surface area contributed by atoms with Crippen LogP contribution in [0.3, 0.4) is 0 Å². The number of rotatable bonds is 12. The van der Waals surface area contributed by atoms with Crippen LogP contribution in [-0.2, 0) is 24.4 Å². The molecule has 7 nitrogen and oxygen atoms in total. The molecule has 1 fully saturated rings. The standard InChI is InChI=1S/C24H34N2O5S2/c1-25-16-17-31-22(20-25)21-26(14-8-18-32(27,28)23-10-4-2-5-11-23)15-9-19-33(29,30)24-12-6-3-7-13-24/h2-7,10-13,22H,8-9,14-21H2,1H3.